The zero-order valence-electron chi connectivity index (χ0n) is 15.1. The van der Waals surface area contributed by atoms with Gasteiger partial charge in [0.1, 0.15) is 28.6 Å². The predicted molar refractivity (Wildman–Crippen MR) is 101 cm³/mol. The van der Waals surface area contributed by atoms with Crippen molar-refractivity contribution in [3.05, 3.63) is 71.4 Å². The number of pyridine rings is 1. The number of aromatic amines is 1. The van der Waals surface area contributed by atoms with Gasteiger partial charge in [-0.15, -0.1) is 0 Å². The SMILES string of the molecule is CC(C)c1[nH]c(C(O)CCc2ccncc2)nc1Sc1cc(F)cc(F)c1. The van der Waals surface area contributed by atoms with Crippen molar-refractivity contribution in [2.45, 2.75) is 48.6 Å². The molecule has 0 spiro atoms. The van der Waals surface area contributed by atoms with Gasteiger partial charge in [0.05, 0.1) is 5.69 Å². The summed E-state index contributed by atoms with van der Waals surface area (Å²) in [6.07, 6.45) is 3.89. The third-order valence-corrected chi connectivity index (χ3v) is 5.09. The van der Waals surface area contributed by atoms with Crippen LogP contribution < -0.4 is 0 Å². The molecule has 0 radical (unpaired) electrons. The molecule has 0 aliphatic carbocycles. The molecule has 3 aromatic rings. The molecule has 0 aliphatic rings. The highest BCUT2D eigenvalue weighted by Gasteiger charge is 2.19. The molecule has 0 amide bonds. The molecule has 2 N–H and O–H groups in total. The van der Waals surface area contributed by atoms with Crippen LogP contribution in [0.15, 0.2) is 52.6 Å². The van der Waals surface area contributed by atoms with E-state index in [1.54, 1.807) is 12.4 Å². The summed E-state index contributed by atoms with van der Waals surface area (Å²) in [6, 6.07) is 7.20. The minimum atomic E-state index is -0.755. The first-order valence-electron chi connectivity index (χ1n) is 8.73. The van der Waals surface area contributed by atoms with Crippen LogP contribution in [0.4, 0.5) is 8.78 Å². The van der Waals surface area contributed by atoms with Gasteiger partial charge >= 0.3 is 0 Å². The molecule has 1 aromatic carbocycles. The topological polar surface area (TPSA) is 61.8 Å². The van der Waals surface area contributed by atoms with Gasteiger partial charge in [0.15, 0.2) is 0 Å². The number of imidazole rings is 1. The van der Waals surface area contributed by atoms with E-state index in [2.05, 4.69) is 15.0 Å². The molecule has 4 nitrogen and oxygen atoms in total. The van der Waals surface area contributed by atoms with Crippen LogP contribution in [0.25, 0.3) is 0 Å². The number of benzene rings is 1. The Bertz CT molecular complexity index is 879. The van der Waals surface area contributed by atoms with E-state index < -0.39 is 17.7 Å². The number of nitrogens with zero attached hydrogens (tertiary/aromatic N) is 2. The lowest BCUT2D eigenvalue weighted by atomic mass is 10.1. The monoisotopic (exact) mass is 389 g/mol. The summed E-state index contributed by atoms with van der Waals surface area (Å²) in [7, 11) is 0. The van der Waals surface area contributed by atoms with E-state index in [-0.39, 0.29) is 5.92 Å². The molecule has 7 heteroatoms. The Kier molecular flexibility index (Phi) is 6.23. The predicted octanol–water partition coefficient (Wildman–Crippen LogP) is 5.02. The fourth-order valence-electron chi connectivity index (χ4n) is 2.70. The van der Waals surface area contributed by atoms with Crippen molar-refractivity contribution in [3.63, 3.8) is 0 Å². The van der Waals surface area contributed by atoms with E-state index in [9.17, 15) is 13.9 Å². The van der Waals surface area contributed by atoms with Crippen molar-refractivity contribution in [1.82, 2.24) is 15.0 Å². The first-order chi connectivity index (χ1) is 12.9. The Morgan fingerprint density at radius 1 is 1.11 bits per heavy atom. The molecule has 0 saturated heterocycles. The number of rotatable bonds is 7. The molecule has 2 aromatic heterocycles. The van der Waals surface area contributed by atoms with Crippen LogP contribution in [0.1, 0.15) is 49.4 Å². The third kappa shape index (κ3) is 5.14. The van der Waals surface area contributed by atoms with Gasteiger partial charge in [-0.05, 0) is 48.6 Å². The van der Waals surface area contributed by atoms with Gasteiger partial charge in [0, 0.05) is 23.4 Å². The number of halogens is 2. The third-order valence-electron chi connectivity index (χ3n) is 4.11. The molecule has 0 saturated carbocycles. The minimum absolute atomic E-state index is 0.125. The molecule has 1 unspecified atom stereocenters. The highest BCUT2D eigenvalue weighted by Crippen LogP contribution is 2.34. The van der Waals surface area contributed by atoms with E-state index in [1.165, 1.54) is 23.9 Å². The molecule has 1 atom stereocenters. The van der Waals surface area contributed by atoms with Crippen LogP contribution in [0, 0.1) is 11.6 Å². The van der Waals surface area contributed by atoms with Crippen molar-refractivity contribution >= 4 is 11.8 Å². The number of hydrogen-bond donors (Lipinski definition) is 2. The van der Waals surface area contributed by atoms with Gasteiger partial charge in [-0.25, -0.2) is 13.8 Å². The Balaban J connectivity index is 1.77. The van der Waals surface area contributed by atoms with Gasteiger partial charge < -0.3 is 10.1 Å². The normalized spacial score (nSPS) is 12.5. The van der Waals surface area contributed by atoms with Gasteiger partial charge in [-0.3, -0.25) is 4.98 Å². The average Bonchev–Trinajstić information content (AvgIpc) is 3.04. The van der Waals surface area contributed by atoms with Crippen molar-refractivity contribution in [2.24, 2.45) is 0 Å². The second-order valence-electron chi connectivity index (χ2n) is 6.61. The molecular weight excluding hydrogens is 368 g/mol. The van der Waals surface area contributed by atoms with Gasteiger partial charge in [-0.2, -0.15) is 0 Å². The first kappa shape index (κ1) is 19.5. The lowest BCUT2D eigenvalue weighted by Gasteiger charge is -2.07. The number of hydrogen-bond acceptors (Lipinski definition) is 4. The van der Waals surface area contributed by atoms with Crippen LogP contribution in [-0.2, 0) is 6.42 Å². The van der Waals surface area contributed by atoms with Gasteiger partial charge in [-0.1, -0.05) is 25.6 Å². The number of aliphatic hydroxyl groups is 1. The van der Waals surface area contributed by atoms with E-state index in [4.69, 9.17) is 0 Å². The Morgan fingerprint density at radius 3 is 2.41 bits per heavy atom. The maximum Gasteiger partial charge on any atom is 0.136 e. The summed E-state index contributed by atoms with van der Waals surface area (Å²) in [5.41, 5.74) is 1.92. The fraction of sp³-hybridized carbons (Fsp3) is 0.300. The lowest BCUT2D eigenvalue weighted by molar-refractivity contribution is 0.158. The number of aryl methyl sites for hydroxylation is 1. The van der Waals surface area contributed by atoms with E-state index >= 15 is 0 Å². The van der Waals surface area contributed by atoms with Gasteiger partial charge in [0.25, 0.3) is 0 Å². The largest absolute Gasteiger partial charge is 0.385 e. The molecule has 2 heterocycles. The molecule has 142 valence electrons. The molecule has 0 aliphatic heterocycles. The molecule has 0 fully saturated rings. The van der Waals surface area contributed by atoms with Crippen molar-refractivity contribution < 1.29 is 13.9 Å². The van der Waals surface area contributed by atoms with Crippen LogP contribution in [0.5, 0.6) is 0 Å². The maximum absolute atomic E-state index is 13.5. The summed E-state index contributed by atoms with van der Waals surface area (Å²) < 4.78 is 26.9. The number of H-pyrrole nitrogens is 1. The maximum atomic E-state index is 13.5. The van der Waals surface area contributed by atoms with Crippen molar-refractivity contribution in [3.8, 4) is 0 Å². The second-order valence-corrected chi connectivity index (χ2v) is 7.67. The number of aromatic nitrogens is 3. The summed E-state index contributed by atoms with van der Waals surface area (Å²) in [6.45, 7) is 3.99. The smallest absolute Gasteiger partial charge is 0.136 e. The first-order valence-corrected chi connectivity index (χ1v) is 9.54. The summed E-state index contributed by atoms with van der Waals surface area (Å²) in [4.78, 5) is 12.1. The summed E-state index contributed by atoms with van der Waals surface area (Å²) >= 11 is 1.18. The zero-order valence-corrected chi connectivity index (χ0v) is 15.9. The highest BCUT2D eigenvalue weighted by atomic mass is 32.2. The van der Waals surface area contributed by atoms with Gasteiger partial charge in [0.2, 0.25) is 0 Å². The van der Waals surface area contributed by atoms with Crippen LogP contribution >= 0.6 is 11.8 Å². The molecule has 0 bridgehead atoms. The van der Waals surface area contributed by atoms with Crippen molar-refractivity contribution in [2.75, 3.05) is 0 Å². The number of nitrogens with one attached hydrogen (secondary N) is 1. The second kappa shape index (κ2) is 8.63. The number of aliphatic hydroxyl groups excluding tert-OH is 1. The van der Waals surface area contributed by atoms with Crippen LogP contribution in [0.2, 0.25) is 0 Å². The zero-order chi connectivity index (χ0) is 19.4. The van der Waals surface area contributed by atoms with Crippen molar-refractivity contribution in [1.29, 1.82) is 0 Å². The Labute approximate surface area is 161 Å². The van der Waals surface area contributed by atoms with E-state index in [0.29, 0.717) is 28.6 Å². The molecular formula is C20H21F2N3OS. The van der Waals surface area contributed by atoms with E-state index in [0.717, 1.165) is 17.3 Å². The van der Waals surface area contributed by atoms with E-state index in [1.807, 2.05) is 26.0 Å². The lowest BCUT2D eigenvalue weighted by Crippen LogP contribution is -2.02. The summed E-state index contributed by atoms with van der Waals surface area (Å²) in [5, 5.41) is 11.1. The minimum Gasteiger partial charge on any atom is -0.385 e. The quantitative estimate of drug-likeness (QED) is 0.595. The molecule has 27 heavy (non-hydrogen) atoms. The highest BCUT2D eigenvalue weighted by molar-refractivity contribution is 7.99. The standard InChI is InChI=1S/C20H21F2N3OS/c1-12(2)18-20(27-16-10-14(21)9-15(22)11-16)25-19(24-18)17(26)4-3-13-5-7-23-8-6-13/h5-12,17,26H,3-4H2,1-2H3,(H,24,25). The fourth-order valence-corrected chi connectivity index (χ4v) is 3.81. The van der Waals surface area contributed by atoms with Crippen LogP contribution in [-0.4, -0.2) is 20.1 Å². The Morgan fingerprint density at radius 2 is 1.78 bits per heavy atom. The van der Waals surface area contributed by atoms with Crippen LogP contribution in [0.3, 0.4) is 0 Å². The summed E-state index contributed by atoms with van der Waals surface area (Å²) in [5.74, 6) is -0.667. The Hall–Kier alpha value is -2.25. The molecule has 3 rings (SSSR count). The average molecular weight is 389 g/mol.